The van der Waals surface area contributed by atoms with E-state index >= 15 is 0 Å². The van der Waals surface area contributed by atoms with Gasteiger partial charge in [0.15, 0.2) is 0 Å². The van der Waals surface area contributed by atoms with E-state index in [-0.39, 0.29) is 34.2 Å². The normalized spacial score (nSPS) is 15.2. The number of carbonyl (C=O) groups excluding carboxylic acids is 2. The standard InChI is InChI=1S/C26H33Cl2N3O4S/c1-18-8-7-9-20(12-18)16-30(19(2)26(33)29-23-10-5-4-6-11-23)25(32)17-31(36(3,34)35)24-14-21(27)13-22(28)15-24/h7-9,12-15,19,23H,4-6,10-11,16-17H2,1-3H3,(H,29,33). The molecule has 36 heavy (non-hydrogen) atoms. The average Bonchev–Trinajstić information content (AvgIpc) is 2.79. The van der Waals surface area contributed by atoms with Gasteiger partial charge in [-0.3, -0.25) is 13.9 Å². The fraction of sp³-hybridized carbons (Fsp3) is 0.462. The molecule has 0 saturated heterocycles. The maximum Gasteiger partial charge on any atom is 0.244 e. The predicted octanol–water partition coefficient (Wildman–Crippen LogP) is 4.93. The highest BCUT2D eigenvalue weighted by molar-refractivity contribution is 7.92. The maximum atomic E-state index is 13.6. The van der Waals surface area contributed by atoms with E-state index in [2.05, 4.69) is 5.32 Å². The summed E-state index contributed by atoms with van der Waals surface area (Å²) in [7, 11) is -3.86. The van der Waals surface area contributed by atoms with Crippen molar-refractivity contribution < 1.29 is 18.0 Å². The summed E-state index contributed by atoms with van der Waals surface area (Å²) in [5, 5.41) is 3.57. The second-order valence-electron chi connectivity index (χ2n) is 9.43. The summed E-state index contributed by atoms with van der Waals surface area (Å²) < 4.78 is 26.3. The van der Waals surface area contributed by atoms with E-state index in [0.29, 0.717) is 0 Å². The van der Waals surface area contributed by atoms with Crippen molar-refractivity contribution in [2.24, 2.45) is 0 Å². The van der Waals surface area contributed by atoms with Gasteiger partial charge in [0.1, 0.15) is 12.6 Å². The van der Waals surface area contributed by atoms with Crippen LogP contribution in [0.15, 0.2) is 42.5 Å². The van der Waals surface area contributed by atoms with Crippen LogP contribution in [0.2, 0.25) is 10.0 Å². The Hall–Kier alpha value is -2.29. The van der Waals surface area contributed by atoms with Crippen LogP contribution in [0.1, 0.15) is 50.2 Å². The third-order valence-electron chi connectivity index (χ3n) is 6.37. The summed E-state index contributed by atoms with van der Waals surface area (Å²) in [4.78, 5) is 28.3. The molecule has 2 aromatic rings. The highest BCUT2D eigenvalue weighted by Gasteiger charge is 2.31. The van der Waals surface area contributed by atoms with Gasteiger partial charge in [0.25, 0.3) is 0 Å². The van der Waals surface area contributed by atoms with Gasteiger partial charge in [-0.05, 0) is 50.5 Å². The van der Waals surface area contributed by atoms with Crippen LogP contribution in [0, 0.1) is 6.92 Å². The van der Waals surface area contributed by atoms with Crippen molar-refractivity contribution in [2.75, 3.05) is 17.1 Å². The summed E-state index contributed by atoms with van der Waals surface area (Å²) in [5.74, 6) is -0.760. The molecule has 1 unspecified atom stereocenters. The molecule has 2 aromatic carbocycles. The Morgan fingerprint density at radius 1 is 1.06 bits per heavy atom. The second kappa shape index (κ2) is 12.3. The number of benzene rings is 2. The summed E-state index contributed by atoms with van der Waals surface area (Å²) >= 11 is 12.2. The quantitative estimate of drug-likeness (QED) is 0.476. The molecule has 1 N–H and O–H groups in total. The van der Waals surface area contributed by atoms with Crippen molar-refractivity contribution in [3.05, 3.63) is 63.6 Å². The molecule has 2 amide bonds. The Labute approximate surface area is 223 Å². The first-order valence-corrected chi connectivity index (χ1v) is 14.6. The fourth-order valence-electron chi connectivity index (χ4n) is 4.46. The van der Waals surface area contributed by atoms with E-state index < -0.39 is 28.5 Å². The van der Waals surface area contributed by atoms with E-state index in [1.54, 1.807) is 6.92 Å². The van der Waals surface area contributed by atoms with E-state index in [9.17, 15) is 18.0 Å². The minimum atomic E-state index is -3.86. The summed E-state index contributed by atoms with van der Waals surface area (Å²) in [6.45, 7) is 3.28. The molecule has 196 valence electrons. The molecule has 1 aliphatic rings. The van der Waals surface area contributed by atoms with E-state index in [1.165, 1.54) is 23.1 Å². The number of aryl methyl sites for hydroxylation is 1. The molecule has 0 heterocycles. The SMILES string of the molecule is Cc1cccc(CN(C(=O)CN(c2cc(Cl)cc(Cl)c2)S(C)(=O)=O)C(C)C(=O)NC2CCCCC2)c1. The maximum absolute atomic E-state index is 13.6. The number of hydrogen-bond donors (Lipinski definition) is 1. The molecular weight excluding hydrogens is 521 g/mol. The van der Waals surface area contributed by atoms with Gasteiger partial charge in [0, 0.05) is 22.6 Å². The zero-order chi connectivity index (χ0) is 26.5. The molecule has 1 aliphatic carbocycles. The Bertz CT molecular complexity index is 1180. The number of rotatable bonds is 9. The van der Waals surface area contributed by atoms with Crippen molar-refractivity contribution in [2.45, 2.75) is 64.6 Å². The minimum absolute atomic E-state index is 0.0887. The summed E-state index contributed by atoms with van der Waals surface area (Å²) in [6.07, 6.45) is 6.14. The monoisotopic (exact) mass is 553 g/mol. The Balaban J connectivity index is 1.89. The average molecular weight is 555 g/mol. The van der Waals surface area contributed by atoms with Crippen LogP contribution < -0.4 is 9.62 Å². The lowest BCUT2D eigenvalue weighted by atomic mass is 9.95. The molecule has 0 spiro atoms. The number of nitrogens with one attached hydrogen (secondary N) is 1. The molecule has 7 nitrogen and oxygen atoms in total. The van der Waals surface area contributed by atoms with Gasteiger partial charge < -0.3 is 10.2 Å². The van der Waals surface area contributed by atoms with E-state index in [1.807, 2.05) is 31.2 Å². The van der Waals surface area contributed by atoms with Crippen molar-refractivity contribution in [1.82, 2.24) is 10.2 Å². The molecule has 1 saturated carbocycles. The zero-order valence-corrected chi connectivity index (χ0v) is 23.2. The predicted molar refractivity (Wildman–Crippen MR) is 145 cm³/mol. The molecule has 0 aliphatic heterocycles. The lowest BCUT2D eigenvalue weighted by Crippen LogP contribution is -2.53. The van der Waals surface area contributed by atoms with Crippen LogP contribution in [0.4, 0.5) is 5.69 Å². The largest absolute Gasteiger partial charge is 0.352 e. The highest BCUT2D eigenvalue weighted by Crippen LogP contribution is 2.27. The molecule has 0 bridgehead atoms. The second-order valence-corrected chi connectivity index (χ2v) is 12.2. The first-order chi connectivity index (χ1) is 16.9. The number of halogens is 2. The molecule has 0 radical (unpaired) electrons. The molecule has 3 rings (SSSR count). The van der Waals surface area contributed by atoms with Gasteiger partial charge in [0.05, 0.1) is 11.9 Å². The van der Waals surface area contributed by atoms with Crippen LogP contribution in [0.25, 0.3) is 0 Å². The van der Waals surface area contributed by atoms with Gasteiger partial charge in [0.2, 0.25) is 21.8 Å². The Morgan fingerprint density at radius 2 is 1.69 bits per heavy atom. The fourth-order valence-corrected chi connectivity index (χ4v) is 5.80. The third kappa shape index (κ3) is 7.85. The number of nitrogens with zero attached hydrogens (tertiary/aromatic N) is 2. The van der Waals surface area contributed by atoms with Gasteiger partial charge in [-0.15, -0.1) is 0 Å². The molecule has 10 heteroatoms. The van der Waals surface area contributed by atoms with Crippen molar-refractivity contribution in [1.29, 1.82) is 0 Å². The van der Waals surface area contributed by atoms with Gasteiger partial charge in [-0.1, -0.05) is 72.3 Å². The Morgan fingerprint density at radius 3 is 2.28 bits per heavy atom. The summed E-state index contributed by atoms with van der Waals surface area (Å²) in [6, 6.07) is 11.3. The minimum Gasteiger partial charge on any atom is -0.352 e. The van der Waals surface area contributed by atoms with Crippen molar-refractivity contribution in [3.8, 4) is 0 Å². The van der Waals surface area contributed by atoms with E-state index in [4.69, 9.17) is 23.2 Å². The lowest BCUT2D eigenvalue weighted by molar-refractivity contribution is -0.139. The third-order valence-corrected chi connectivity index (χ3v) is 7.95. The van der Waals surface area contributed by atoms with Gasteiger partial charge in [-0.25, -0.2) is 8.42 Å². The van der Waals surface area contributed by atoms with Crippen molar-refractivity contribution in [3.63, 3.8) is 0 Å². The first kappa shape index (κ1) is 28.3. The number of hydrogen-bond acceptors (Lipinski definition) is 4. The van der Waals surface area contributed by atoms with Crippen LogP contribution >= 0.6 is 23.2 Å². The van der Waals surface area contributed by atoms with Gasteiger partial charge >= 0.3 is 0 Å². The van der Waals surface area contributed by atoms with E-state index in [0.717, 1.165) is 53.8 Å². The first-order valence-electron chi connectivity index (χ1n) is 12.0. The molecule has 0 aromatic heterocycles. The zero-order valence-electron chi connectivity index (χ0n) is 20.8. The van der Waals surface area contributed by atoms with Gasteiger partial charge in [-0.2, -0.15) is 0 Å². The van der Waals surface area contributed by atoms with Crippen LogP contribution in [-0.2, 0) is 26.2 Å². The number of amides is 2. The molecular formula is C26H33Cl2N3O4S. The van der Waals surface area contributed by atoms with Crippen molar-refractivity contribution >= 4 is 50.7 Å². The van der Waals surface area contributed by atoms with Crippen LogP contribution in [0.5, 0.6) is 0 Å². The lowest BCUT2D eigenvalue weighted by Gasteiger charge is -2.33. The van der Waals surface area contributed by atoms with Crippen LogP contribution in [-0.4, -0.2) is 50.0 Å². The molecule has 1 fully saturated rings. The smallest absolute Gasteiger partial charge is 0.244 e. The highest BCUT2D eigenvalue weighted by atomic mass is 35.5. The summed E-state index contributed by atoms with van der Waals surface area (Å²) in [5.41, 5.74) is 2.04. The number of sulfonamides is 1. The Kier molecular flexibility index (Phi) is 9.66. The number of anilines is 1. The topological polar surface area (TPSA) is 86.8 Å². The van der Waals surface area contributed by atoms with Crippen LogP contribution in [0.3, 0.4) is 0 Å². The number of carbonyl (C=O) groups is 2. The molecule has 1 atom stereocenters.